The second-order valence-electron chi connectivity index (χ2n) is 6.48. The van der Waals surface area contributed by atoms with Crippen LogP contribution in [0, 0.1) is 0 Å². The number of benzene rings is 1. The summed E-state index contributed by atoms with van der Waals surface area (Å²) in [5.41, 5.74) is 1.91. The number of nitrogens with one attached hydrogen (secondary N) is 2. The molecule has 0 radical (unpaired) electrons. The molecule has 27 heavy (non-hydrogen) atoms. The molecule has 1 aliphatic rings. The van der Waals surface area contributed by atoms with Gasteiger partial charge in [0.1, 0.15) is 11.3 Å². The molecule has 8 nitrogen and oxygen atoms in total. The molecule has 2 aromatic rings. The van der Waals surface area contributed by atoms with Crippen LogP contribution in [0.1, 0.15) is 24.7 Å². The van der Waals surface area contributed by atoms with Crippen molar-refractivity contribution < 1.29 is 18.8 Å². The van der Waals surface area contributed by atoms with Crippen molar-refractivity contribution in [2.45, 2.75) is 25.4 Å². The van der Waals surface area contributed by atoms with E-state index in [1.54, 1.807) is 54.6 Å². The molecular formula is C19H22N4O4. The van der Waals surface area contributed by atoms with E-state index in [2.05, 4.69) is 10.7 Å². The Hall–Kier alpha value is -3.13. The summed E-state index contributed by atoms with van der Waals surface area (Å²) >= 11 is 0. The van der Waals surface area contributed by atoms with Crippen molar-refractivity contribution in [2.75, 3.05) is 13.6 Å². The zero-order chi connectivity index (χ0) is 19.4. The standard InChI is InChI=1S/C19H22N4O4/c1-3-19(14-8-5-4-6-9-14)17(25)23(18(26)20-19)21-16(24)13-22(2)12-15-10-7-11-27-15/h4-11H,3,12-13H2,1-2H3,(H,20,26)(H,21,24)/t19-/m0/s1. The van der Waals surface area contributed by atoms with E-state index in [4.69, 9.17) is 4.42 Å². The van der Waals surface area contributed by atoms with E-state index in [1.807, 2.05) is 13.0 Å². The molecule has 1 saturated heterocycles. The molecule has 8 heteroatoms. The number of furan rings is 1. The molecule has 0 unspecified atom stereocenters. The Labute approximate surface area is 157 Å². The lowest BCUT2D eigenvalue weighted by atomic mass is 9.87. The van der Waals surface area contributed by atoms with Crippen LogP contribution in [-0.4, -0.2) is 41.3 Å². The van der Waals surface area contributed by atoms with Crippen molar-refractivity contribution in [1.29, 1.82) is 0 Å². The number of hydrogen-bond donors (Lipinski definition) is 2. The van der Waals surface area contributed by atoms with Crippen LogP contribution in [0.5, 0.6) is 0 Å². The average molecular weight is 370 g/mol. The quantitative estimate of drug-likeness (QED) is 0.722. The van der Waals surface area contributed by atoms with Gasteiger partial charge in [0.05, 0.1) is 19.4 Å². The summed E-state index contributed by atoms with van der Waals surface area (Å²) in [5, 5.41) is 3.49. The highest BCUT2D eigenvalue weighted by atomic mass is 16.3. The first-order valence-electron chi connectivity index (χ1n) is 8.69. The number of hydrogen-bond acceptors (Lipinski definition) is 5. The summed E-state index contributed by atoms with van der Waals surface area (Å²) in [6, 6.07) is 11.9. The molecule has 2 heterocycles. The molecule has 1 aromatic carbocycles. The second kappa shape index (κ2) is 7.63. The van der Waals surface area contributed by atoms with E-state index < -0.39 is 23.4 Å². The topological polar surface area (TPSA) is 94.9 Å². The van der Waals surface area contributed by atoms with Gasteiger partial charge in [-0.2, -0.15) is 5.01 Å². The molecule has 0 saturated carbocycles. The fourth-order valence-electron chi connectivity index (χ4n) is 3.17. The molecule has 1 aromatic heterocycles. The lowest BCUT2D eigenvalue weighted by molar-refractivity contribution is -0.139. The number of imide groups is 1. The van der Waals surface area contributed by atoms with Crippen molar-refractivity contribution >= 4 is 17.8 Å². The van der Waals surface area contributed by atoms with Crippen LogP contribution >= 0.6 is 0 Å². The van der Waals surface area contributed by atoms with Crippen molar-refractivity contribution in [1.82, 2.24) is 20.7 Å². The highest BCUT2D eigenvalue weighted by Gasteiger charge is 2.52. The van der Waals surface area contributed by atoms with Gasteiger partial charge in [-0.05, 0) is 31.2 Å². The van der Waals surface area contributed by atoms with Crippen molar-refractivity contribution in [3.63, 3.8) is 0 Å². The number of nitrogens with zero attached hydrogens (tertiary/aromatic N) is 2. The third-order valence-corrected chi connectivity index (χ3v) is 4.54. The lowest BCUT2D eigenvalue weighted by Crippen LogP contribution is -2.50. The zero-order valence-electron chi connectivity index (χ0n) is 15.3. The van der Waals surface area contributed by atoms with Crippen LogP contribution < -0.4 is 10.7 Å². The van der Waals surface area contributed by atoms with Crippen LogP contribution in [0.3, 0.4) is 0 Å². The number of likely N-dealkylation sites (N-methyl/N-ethyl adjacent to an activating group) is 1. The van der Waals surface area contributed by atoms with Crippen LogP contribution in [0.2, 0.25) is 0 Å². The summed E-state index contributed by atoms with van der Waals surface area (Å²) in [5.74, 6) is -0.245. The third kappa shape index (κ3) is 3.70. The zero-order valence-corrected chi connectivity index (χ0v) is 15.3. The predicted octanol–water partition coefficient (Wildman–Crippen LogP) is 1.60. The minimum atomic E-state index is -1.17. The molecule has 0 spiro atoms. The van der Waals surface area contributed by atoms with Crippen LogP contribution in [0.15, 0.2) is 53.1 Å². The smallest absolute Gasteiger partial charge is 0.344 e. The number of carbonyl (C=O) groups excluding carboxylic acids is 3. The monoisotopic (exact) mass is 370 g/mol. The number of carbonyl (C=O) groups is 3. The number of urea groups is 1. The van der Waals surface area contributed by atoms with Gasteiger partial charge in [-0.15, -0.1) is 0 Å². The summed E-state index contributed by atoms with van der Waals surface area (Å²) in [6.07, 6.45) is 1.93. The van der Waals surface area contributed by atoms with E-state index in [0.717, 1.165) is 10.8 Å². The highest BCUT2D eigenvalue weighted by molar-refractivity contribution is 6.08. The fourth-order valence-corrected chi connectivity index (χ4v) is 3.17. The van der Waals surface area contributed by atoms with Gasteiger partial charge >= 0.3 is 6.03 Å². The van der Waals surface area contributed by atoms with E-state index >= 15 is 0 Å². The number of rotatable bonds is 7. The average Bonchev–Trinajstić information content (AvgIpc) is 3.24. The maximum atomic E-state index is 12.9. The molecule has 1 aliphatic heterocycles. The molecule has 1 fully saturated rings. The molecular weight excluding hydrogens is 348 g/mol. The third-order valence-electron chi connectivity index (χ3n) is 4.54. The summed E-state index contributed by atoms with van der Waals surface area (Å²) in [7, 11) is 1.74. The highest BCUT2D eigenvalue weighted by Crippen LogP contribution is 2.31. The van der Waals surface area contributed by atoms with Gasteiger partial charge in [-0.3, -0.25) is 19.9 Å². The first-order valence-corrected chi connectivity index (χ1v) is 8.69. The number of hydrazine groups is 1. The second-order valence-corrected chi connectivity index (χ2v) is 6.48. The SMILES string of the molecule is CC[C@@]1(c2ccccc2)NC(=O)N(NC(=O)CN(C)Cc2ccco2)C1=O. The maximum absolute atomic E-state index is 12.9. The van der Waals surface area contributed by atoms with Gasteiger partial charge in [0.2, 0.25) is 0 Å². The molecule has 0 aliphatic carbocycles. The Morgan fingerprint density at radius 1 is 1.22 bits per heavy atom. The Morgan fingerprint density at radius 3 is 2.59 bits per heavy atom. The minimum Gasteiger partial charge on any atom is -0.468 e. The molecule has 0 bridgehead atoms. The molecule has 1 atom stereocenters. The summed E-state index contributed by atoms with van der Waals surface area (Å²) in [6.45, 7) is 2.25. The normalized spacial score (nSPS) is 19.4. The maximum Gasteiger partial charge on any atom is 0.344 e. The van der Waals surface area contributed by atoms with Gasteiger partial charge in [-0.25, -0.2) is 4.79 Å². The van der Waals surface area contributed by atoms with E-state index in [9.17, 15) is 14.4 Å². The Bertz CT molecular complexity index is 821. The molecule has 4 amide bonds. The lowest BCUT2D eigenvalue weighted by Gasteiger charge is -2.25. The van der Waals surface area contributed by atoms with Crippen LogP contribution in [-0.2, 0) is 21.7 Å². The van der Waals surface area contributed by atoms with Crippen LogP contribution in [0.25, 0.3) is 0 Å². The number of amides is 4. The van der Waals surface area contributed by atoms with Crippen LogP contribution in [0.4, 0.5) is 4.79 Å². The van der Waals surface area contributed by atoms with E-state index in [0.29, 0.717) is 18.5 Å². The largest absolute Gasteiger partial charge is 0.468 e. The molecule has 142 valence electrons. The van der Waals surface area contributed by atoms with Gasteiger partial charge in [0.15, 0.2) is 0 Å². The minimum absolute atomic E-state index is 0.00220. The van der Waals surface area contributed by atoms with Gasteiger partial charge < -0.3 is 9.73 Å². The summed E-state index contributed by atoms with van der Waals surface area (Å²) < 4.78 is 5.24. The van der Waals surface area contributed by atoms with Gasteiger partial charge in [0.25, 0.3) is 11.8 Å². The van der Waals surface area contributed by atoms with E-state index in [-0.39, 0.29) is 6.54 Å². The fraction of sp³-hybridized carbons (Fsp3) is 0.316. The Balaban J connectivity index is 1.67. The van der Waals surface area contributed by atoms with Crippen molar-refractivity contribution in [3.05, 3.63) is 60.1 Å². The van der Waals surface area contributed by atoms with Crippen molar-refractivity contribution in [3.8, 4) is 0 Å². The molecule has 2 N–H and O–H groups in total. The van der Waals surface area contributed by atoms with Crippen molar-refractivity contribution in [2.24, 2.45) is 0 Å². The predicted molar refractivity (Wildman–Crippen MR) is 97.0 cm³/mol. The van der Waals surface area contributed by atoms with Gasteiger partial charge in [0, 0.05) is 0 Å². The Kier molecular flexibility index (Phi) is 5.27. The summed E-state index contributed by atoms with van der Waals surface area (Å²) in [4.78, 5) is 39.3. The molecule has 3 rings (SSSR count). The first-order chi connectivity index (χ1) is 13.0. The first kappa shape index (κ1) is 18.7. The van der Waals surface area contributed by atoms with E-state index in [1.165, 1.54) is 0 Å². The Morgan fingerprint density at radius 2 is 1.96 bits per heavy atom. The van der Waals surface area contributed by atoms with Gasteiger partial charge in [-0.1, -0.05) is 37.3 Å².